The summed E-state index contributed by atoms with van der Waals surface area (Å²) in [5, 5.41) is 33.3. The number of aliphatic hydroxyl groups excluding tert-OH is 1. The fourth-order valence-electron chi connectivity index (χ4n) is 6.17. The van der Waals surface area contributed by atoms with Gasteiger partial charge in [-0.1, -0.05) is 13.8 Å². The number of rotatable bonds is 5. The molecular weight excluding hydrogens is 520 g/mol. The van der Waals surface area contributed by atoms with Gasteiger partial charge in [-0.3, -0.25) is 4.79 Å². The summed E-state index contributed by atoms with van der Waals surface area (Å²) in [6.45, 7) is 11.6. The van der Waals surface area contributed by atoms with E-state index >= 15 is 0 Å². The second kappa shape index (κ2) is 10.5. The highest BCUT2D eigenvalue weighted by molar-refractivity contribution is 6.29. The molecule has 212 valence electrons. The van der Waals surface area contributed by atoms with Crippen LogP contribution in [0.5, 0.6) is 0 Å². The summed E-state index contributed by atoms with van der Waals surface area (Å²) in [6.07, 6.45) is 7.76. The molecule has 5 aliphatic heterocycles. The molecule has 0 amide bonds. The molecule has 0 aromatic carbocycles. The number of hydrogen-bond acceptors (Lipinski definition) is 7. The molecular formula is C32H34N4O5. The highest BCUT2D eigenvalue weighted by Gasteiger charge is 2.38. The van der Waals surface area contributed by atoms with Crippen molar-refractivity contribution in [3.8, 4) is 0 Å². The summed E-state index contributed by atoms with van der Waals surface area (Å²) in [6, 6.07) is 0. The van der Waals surface area contributed by atoms with Crippen LogP contribution >= 0.6 is 0 Å². The smallest absolute Gasteiger partial charge is 0.338 e. The minimum absolute atomic E-state index is 0.0284. The van der Waals surface area contributed by atoms with E-state index in [1.807, 2.05) is 52.8 Å². The van der Waals surface area contributed by atoms with Crippen LogP contribution in [0, 0.1) is 11.8 Å². The molecule has 8 bridgehead atoms. The number of aliphatic imine (C=N–C) groups is 3. The van der Waals surface area contributed by atoms with Crippen LogP contribution in [-0.2, 0) is 9.59 Å². The van der Waals surface area contributed by atoms with E-state index in [1.54, 1.807) is 6.92 Å². The molecule has 0 spiro atoms. The number of allylic oxidation sites excluding steroid dienone is 11. The molecule has 9 heteroatoms. The van der Waals surface area contributed by atoms with Crippen molar-refractivity contribution in [2.45, 2.75) is 60.8 Å². The van der Waals surface area contributed by atoms with Crippen molar-refractivity contribution in [3.05, 3.63) is 92.0 Å². The second-order valence-corrected chi connectivity index (χ2v) is 10.9. The van der Waals surface area contributed by atoms with E-state index in [9.17, 15) is 24.9 Å². The maximum atomic E-state index is 12.5. The summed E-state index contributed by atoms with van der Waals surface area (Å²) in [5.74, 6) is -2.25. The number of aliphatic carboxylic acids is 2. The van der Waals surface area contributed by atoms with E-state index in [1.165, 1.54) is 0 Å². The predicted molar refractivity (Wildman–Crippen MR) is 159 cm³/mol. The van der Waals surface area contributed by atoms with Gasteiger partial charge in [-0.2, -0.15) is 0 Å². The first-order valence-electron chi connectivity index (χ1n) is 13.8. The first-order valence-corrected chi connectivity index (χ1v) is 13.8. The average molecular weight is 555 g/mol. The maximum Gasteiger partial charge on any atom is 0.338 e. The Kier molecular flexibility index (Phi) is 7.15. The number of aliphatic hydroxyl groups is 1. The van der Waals surface area contributed by atoms with Crippen LogP contribution in [0.3, 0.4) is 0 Å². The van der Waals surface area contributed by atoms with Crippen molar-refractivity contribution in [3.63, 3.8) is 0 Å². The molecule has 5 heterocycles. The Labute approximate surface area is 238 Å². The number of carbonyl (C=O) groups is 2. The zero-order chi connectivity index (χ0) is 29.7. The third-order valence-corrected chi connectivity index (χ3v) is 8.63. The number of carboxylic acid groups (broad SMARTS) is 2. The molecule has 5 rings (SSSR count). The van der Waals surface area contributed by atoms with Crippen molar-refractivity contribution < 1.29 is 24.9 Å². The molecule has 0 radical (unpaired) electrons. The summed E-state index contributed by atoms with van der Waals surface area (Å²) < 4.78 is 0. The Morgan fingerprint density at radius 3 is 2.24 bits per heavy atom. The molecule has 1 saturated heterocycles. The van der Waals surface area contributed by atoms with Crippen LogP contribution < -0.4 is 5.32 Å². The lowest BCUT2D eigenvalue weighted by molar-refractivity contribution is -0.137. The Morgan fingerprint density at radius 1 is 0.927 bits per heavy atom. The normalized spacial score (nSPS) is 24.9. The molecule has 9 nitrogen and oxygen atoms in total. The molecule has 0 aromatic rings. The van der Waals surface area contributed by atoms with Crippen LogP contribution in [0.4, 0.5) is 0 Å². The van der Waals surface area contributed by atoms with Gasteiger partial charge in [0.1, 0.15) is 0 Å². The molecule has 1 fully saturated rings. The van der Waals surface area contributed by atoms with Crippen LogP contribution in [0.15, 0.2) is 107 Å². The van der Waals surface area contributed by atoms with Gasteiger partial charge in [0, 0.05) is 35.2 Å². The highest BCUT2D eigenvalue weighted by atomic mass is 16.4. The summed E-state index contributed by atoms with van der Waals surface area (Å²) in [5.41, 5.74) is 9.96. The molecule has 0 saturated carbocycles. The van der Waals surface area contributed by atoms with Gasteiger partial charge in [0.25, 0.3) is 0 Å². The first kappa shape index (κ1) is 28.0. The Bertz CT molecular complexity index is 1650. The van der Waals surface area contributed by atoms with Gasteiger partial charge in [0.15, 0.2) is 0 Å². The van der Waals surface area contributed by atoms with Crippen molar-refractivity contribution >= 4 is 29.1 Å². The third-order valence-electron chi connectivity index (χ3n) is 8.63. The molecule has 4 N–H and O–H groups in total. The fraction of sp³-hybridized carbons (Fsp3) is 0.344. The highest BCUT2D eigenvalue weighted by Crippen LogP contribution is 2.42. The Balaban J connectivity index is 1.81. The van der Waals surface area contributed by atoms with Gasteiger partial charge >= 0.3 is 11.9 Å². The van der Waals surface area contributed by atoms with Crippen molar-refractivity contribution in [2.24, 2.45) is 26.8 Å². The quantitative estimate of drug-likeness (QED) is 0.314. The van der Waals surface area contributed by atoms with Gasteiger partial charge in [-0.25, -0.2) is 19.8 Å². The van der Waals surface area contributed by atoms with Gasteiger partial charge in [-0.15, -0.1) is 0 Å². The zero-order valence-corrected chi connectivity index (χ0v) is 24.1. The summed E-state index contributed by atoms with van der Waals surface area (Å²) in [4.78, 5) is 38.6. The SMILES string of the molecule is CCC1=C(C)C2=CC3=NC(=C(C)C3=CO)C=C3NC(=C(C)C4=NC(=CC1=N2)C(C)=C4C(=O)O)[C@@H](CCC(=O)O)[C@@H]3C. The van der Waals surface area contributed by atoms with Gasteiger partial charge in [-0.05, 0) is 86.6 Å². The first-order chi connectivity index (χ1) is 19.5. The summed E-state index contributed by atoms with van der Waals surface area (Å²) >= 11 is 0. The molecule has 5 aliphatic rings. The molecule has 0 aromatic heterocycles. The zero-order valence-electron chi connectivity index (χ0n) is 24.1. The van der Waals surface area contributed by atoms with E-state index < -0.39 is 11.9 Å². The largest absolute Gasteiger partial charge is 0.515 e. The van der Waals surface area contributed by atoms with Gasteiger partial charge < -0.3 is 20.6 Å². The molecule has 0 unspecified atom stereocenters. The average Bonchev–Trinajstić information content (AvgIpc) is 3.60. The van der Waals surface area contributed by atoms with E-state index in [0.29, 0.717) is 51.7 Å². The van der Waals surface area contributed by atoms with Crippen LogP contribution in [0.2, 0.25) is 0 Å². The molecule has 41 heavy (non-hydrogen) atoms. The Morgan fingerprint density at radius 2 is 1.61 bits per heavy atom. The monoisotopic (exact) mass is 554 g/mol. The topological polar surface area (TPSA) is 144 Å². The van der Waals surface area contributed by atoms with Gasteiger partial charge in [0.05, 0.1) is 46.1 Å². The van der Waals surface area contributed by atoms with Crippen LogP contribution in [0.1, 0.15) is 60.8 Å². The van der Waals surface area contributed by atoms with Crippen molar-refractivity contribution in [1.29, 1.82) is 0 Å². The van der Waals surface area contributed by atoms with Gasteiger partial charge in [0.2, 0.25) is 0 Å². The number of nitrogens with zero attached hydrogens (tertiary/aromatic N) is 3. The minimum atomic E-state index is -1.07. The molecule has 2 atom stereocenters. The number of carboxylic acids is 2. The fourth-order valence-corrected chi connectivity index (χ4v) is 6.17. The summed E-state index contributed by atoms with van der Waals surface area (Å²) in [7, 11) is 0. The van der Waals surface area contributed by atoms with Crippen LogP contribution in [-0.4, -0.2) is 44.4 Å². The van der Waals surface area contributed by atoms with E-state index in [-0.39, 0.29) is 23.8 Å². The van der Waals surface area contributed by atoms with E-state index in [4.69, 9.17) is 15.0 Å². The number of fused-ring (bicyclic) bond motifs is 5. The lowest BCUT2D eigenvalue weighted by atomic mass is 9.86. The van der Waals surface area contributed by atoms with E-state index in [0.717, 1.165) is 46.5 Å². The van der Waals surface area contributed by atoms with Crippen molar-refractivity contribution in [2.75, 3.05) is 0 Å². The van der Waals surface area contributed by atoms with E-state index in [2.05, 4.69) is 5.32 Å². The third kappa shape index (κ3) is 4.65. The number of hydrogen-bond donors (Lipinski definition) is 4. The lowest BCUT2D eigenvalue weighted by Gasteiger charge is -2.17. The maximum absolute atomic E-state index is 12.5. The Hall–Kier alpha value is -4.53. The van der Waals surface area contributed by atoms with Crippen LogP contribution in [0.25, 0.3) is 0 Å². The van der Waals surface area contributed by atoms with Crippen molar-refractivity contribution in [1.82, 2.24) is 5.32 Å². The second-order valence-electron chi connectivity index (χ2n) is 10.9. The number of nitrogens with one attached hydrogen (secondary N) is 1. The minimum Gasteiger partial charge on any atom is -0.515 e. The molecule has 0 aliphatic carbocycles. The lowest BCUT2D eigenvalue weighted by Crippen LogP contribution is -2.19. The standard InChI is InChI=1S/C32H34N4O5/c1-7-19-14(2)23-11-27-21(13-37)16(4)22(34-27)10-24-15(3)20(8-9-28(38)39)30(35-24)18(6)31-29(32(40)41)17(5)25(36-31)12-26(19)33-23/h10-13,15,20,35,37H,7-9H2,1-6H3,(H,38,39)(H,40,41)/t15-,20-/m0/s1. The predicted octanol–water partition coefficient (Wildman–Crippen LogP) is 5.85.